The second-order valence-electron chi connectivity index (χ2n) is 8.26. The highest BCUT2D eigenvalue weighted by Gasteiger charge is 2.30. The van der Waals surface area contributed by atoms with Crippen molar-refractivity contribution >= 4 is 17.4 Å². The monoisotopic (exact) mass is 507 g/mol. The van der Waals surface area contributed by atoms with E-state index in [1.165, 1.54) is 23.1 Å². The van der Waals surface area contributed by atoms with E-state index in [1.807, 2.05) is 0 Å². The lowest BCUT2D eigenvalue weighted by Gasteiger charge is -2.15. The molecular formula is C23H16ClF2N9O. The van der Waals surface area contributed by atoms with E-state index >= 15 is 0 Å². The number of nitrogen functional groups attached to an aromatic ring is 1. The number of nitrogens with one attached hydrogen (secondary N) is 1. The highest BCUT2D eigenvalue weighted by Crippen LogP contribution is 2.36. The van der Waals surface area contributed by atoms with E-state index in [-0.39, 0.29) is 22.4 Å². The summed E-state index contributed by atoms with van der Waals surface area (Å²) in [5.74, 6) is -1.26. The van der Waals surface area contributed by atoms with Crippen LogP contribution in [-0.2, 0) is 6.42 Å². The quantitative estimate of drug-likeness (QED) is 0.381. The summed E-state index contributed by atoms with van der Waals surface area (Å²) in [6.45, 7) is 0. The molecule has 0 bridgehead atoms. The van der Waals surface area contributed by atoms with Crippen LogP contribution in [0.15, 0.2) is 53.7 Å². The fourth-order valence-corrected chi connectivity index (χ4v) is 4.79. The molecule has 1 atom stereocenters. The summed E-state index contributed by atoms with van der Waals surface area (Å²) < 4.78 is 32.0. The third kappa shape index (κ3) is 3.53. The number of aromatic nitrogens is 8. The molecule has 0 unspecified atom stereocenters. The van der Waals surface area contributed by atoms with Gasteiger partial charge in [-0.15, -0.1) is 5.10 Å². The largest absolute Gasteiger partial charge is 0.384 e. The molecule has 0 aliphatic carbocycles. The van der Waals surface area contributed by atoms with Crippen LogP contribution in [0.3, 0.4) is 0 Å². The smallest absolute Gasteiger partial charge is 0.252 e. The zero-order chi connectivity index (χ0) is 25.0. The van der Waals surface area contributed by atoms with Crippen LogP contribution in [0.25, 0.3) is 28.1 Å². The van der Waals surface area contributed by atoms with Gasteiger partial charge in [-0.1, -0.05) is 11.6 Å². The van der Waals surface area contributed by atoms with E-state index in [1.54, 1.807) is 29.0 Å². The Kier molecular flexibility index (Phi) is 5.11. The van der Waals surface area contributed by atoms with Gasteiger partial charge in [0.05, 0.1) is 11.7 Å². The number of imidazole rings is 1. The summed E-state index contributed by atoms with van der Waals surface area (Å²) in [4.78, 5) is 25.0. The van der Waals surface area contributed by atoms with Crippen LogP contribution in [0.4, 0.5) is 14.6 Å². The van der Waals surface area contributed by atoms with Crippen LogP contribution in [0.2, 0.25) is 5.15 Å². The summed E-state index contributed by atoms with van der Waals surface area (Å²) in [6, 6.07) is 8.27. The van der Waals surface area contributed by atoms with Gasteiger partial charge in [0.25, 0.3) is 5.56 Å². The van der Waals surface area contributed by atoms with Crippen molar-refractivity contribution in [2.24, 2.45) is 0 Å². The average molecular weight is 508 g/mol. The van der Waals surface area contributed by atoms with E-state index in [9.17, 15) is 13.6 Å². The molecule has 6 rings (SSSR count). The van der Waals surface area contributed by atoms with Gasteiger partial charge in [0.2, 0.25) is 0 Å². The molecule has 1 aliphatic rings. The summed E-state index contributed by atoms with van der Waals surface area (Å²) >= 11 is 6.41. The number of nitrogens with zero attached hydrogens (tertiary/aromatic N) is 7. The van der Waals surface area contributed by atoms with E-state index in [0.717, 1.165) is 6.07 Å². The van der Waals surface area contributed by atoms with Crippen LogP contribution >= 0.6 is 11.6 Å². The Morgan fingerprint density at radius 2 is 2.00 bits per heavy atom. The van der Waals surface area contributed by atoms with E-state index < -0.39 is 17.7 Å². The van der Waals surface area contributed by atoms with Gasteiger partial charge in [-0.3, -0.25) is 4.79 Å². The van der Waals surface area contributed by atoms with E-state index in [0.29, 0.717) is 46.6 Å². The van der Waals surface area contributed by atoms with Crippen molar-refractivity contribution in [3.63, 3.8) is 0 Å². The van der Waals surface area contributed by atoms with Crippen molar-refractivity contribution in [1.29, 1.82) is 0 Å². The van der Waals surface area contributed by atoms with Crippen molar-refractivity contribution in [2.45, 2.75) is 18.9 Å². The molecule has 5 heterocycles. The topological polar surface area (TPSA) is 133 Å². The summed E-state index contributed by atoms with van der Waals surface area (Å²) in [5.41, 5.74) is 7.41. The lowest BCUT2D eigenvalue weighted by atomic mass is 10.0. The second kappa shape index (κ2) is 8.34. The standard InChI is InChI=1S/C23H16ClF2N9O/c24-22-21(11-1-6-17(27)28-9-11)30-23(31-22)16-4-2-13-7-12(8-18(36)35(13)16)19-15(34-10-29-32-33-34)5-3-14(25)20(19)26/h1,3,5-10,16H,2,4H2,(H2,27,28)(H,30,31)/t16-/m0/s1. The molecular weight excluding hydrogens is 492 g/mol. The number of pyridine rings is 2. The molecule has 1 aliphatic heterocycles. The van der Waals surface area contributed by atoms with Gasteiger partial charge in [0, 0.05) is 29.1 Å². The molecule has 4 aromatic heterocycles. The summed E-state index contributed by atoms with van der Waals surface area (Å²) in [7, 11) is 0. The first kappa shape index (κ1) is 22.0. The van der Waals surface area contributed by atoms with Crippen LogP contribution in [0.1, 0.15) is 24.0 Å². The highest BCUT2D eigenvalue weighted by atomic mass is 35.5. The first-order valence-corrected chi connectivity index (χ1v) is 11.2. The van der Waals surface area contributed by atoms with Crippen LogP contribution in [0, 0.1) is 11.6 Å². The van der Waals surface area contributed by atoms with Crippen LogP contribution < -0.4 is 11.3 Å². The van der Waals surface area contributed by atoms with Gasteiger partial charge in [0.15, 0.2) is 11.6 Å². The fraction of sp³-hybridized carbons (Fsp3) is 0.130. The predicted octanol–water partition coefficient (Wildman–Crippen LogP) is 3.33. The number of H-pyrrole nitrogens is 1. The minimum atomic E-state index is -1.10. The van der Waals surface area contributed by atoms with Gasteiger partial charge in [-0.25, -0.2) is 18.7 Å². The van der Waals surface area contributed by atoms with Crippen LogP contribution in [-0.4, -0.2) is 39.7 Å². The van der Waals surface area contributed by atoms with Gasteiger partial charge in [-0.05, 0) is 59.2 Å². The van der Waals surface area contributed by atoms with Crippen molar-refractivity contribution in [3.8, 4) is 28.1 Å². The number of aryl methyl sites for hydroxylation is 1. The summed E-state index contributed by atoms with van der Waals surface area (Å²) in [6.07, 6.45) is 3.91. The van der Waals surface area contributed by atoms with Gasteiger partial charge >= 0.3 is 0 Å². The molecule has 0 saturated carbocycles. The van der Waals surface area contributed by atoms with Crippen molar-refractivity contribution in [1.82, 2.24) is 39.7 Å². The van der Waals surface area contributed by atoms with Crippen molar-refractivity contribution < 1.29 is 8.78 Å². The molecule has 5 aromatic rings. The molecule has 13 heteroatoms. The Hall–Kier alpha value is -4.45. The first-order valence-electron chi connectivity index (χ1n) is 10.8. The molecule has 1 aromatic carbocycles. The number of fused-ring (bicyclic) bond motifs is 1. The predicted molar refractivity (Wildman–Crippen MR) is 126 cm³/mol. The van der Waals surface area contributed by atoms with Gasteiger partial charge in [0.1, 0.15) is 28.8 Å². The Morgan fingerprint density at radius 3 is 2.75 bits per heavy atom. The number of nitrogens with two attached hydrogens (primary N) is 1. The normalized spacial score (nSPS) is 14.8. The second-order valence-corrected chi connectivity index (χ2v) is 8.64. The van der Waals surface area contributed by atoms with E-state index in [4.69, 9.17) is 17.3 Å². The molecule has 3 N–H and O–H groups in total. The Labute approximate surface area is 206 Å². The Balaban J connectivity index is 1.43. The molecule has 180 valence electrons. The zero-order valence-electron chi connectivity index (χ0n) is 18.4. The van der Waals surface area contributed by atoms with Crippen molar-refractivity contribution in [3.05, 3.63) is 87.6 Å². The maximum absolute atomic E-state index is 15.0. The Bertz CT molecular complexity index is 1660. The third-order valence-electron chi connectivity index (χ3n) is 6.14. The molecule has 0 radical (unpaired) electrons. The molecule has 36 heavy (non-hydrogen) atoms. The minimum absolute atomic E-state index is 0.106. The van der Waals surface area contributed by atoms with Gasteiger partial charge < -0.3 is 15.3 Å². The highest BCUT2D eigenvalue weighted by molar-refractivity contribution is 6.31. The number of anilines is 1. The minimum Gasteiger partial charge on any atom is -0.384 e. The lowest BCUT2D eigenvalue weighted by molar-refractivity contribution is 0.510. The number of rotatable bonds is 4. The third-order valence-corrected chi connectivity index (χ3v) is 6.42. The number of halogens is 3. The van der Waals surface area contributed by atoms with Crippen LogP contribution in [0.5, 0.6) is 0 Å². The molecule has 0 saturated heterocycles. The molecule has 0 fully saturated rings. The maximum atomic E-state index is 15.0. The number of hydrogen-bond acceptors (Lipinski definition) is 7. The van der Waals surface area contributed by atoms with E-state index in [2.05, 4.69) is 30.5 Å². The van der Waals surface area contributed by atoms with Crippen molar-refractivity contribution in [2.75, 3.05) is 5.73 Å². The maximum Gasteiger partial charge on any atom is 0.252 e. The molecule has 0 spiro atoms. The first-order chi connectivity index (χ1) is 17.4. The molecule has 10 nitrogen and oxygen atoms in total. The molecule has 0 amide bonds. The fourth-order valence-electron chi connectivity index (χ4n) is 4.54. The Morgan fingerprint density at radius 1 is 1.14 bits per heavy atom. The van der Waals surface area contributed by atoms with Gasteiger partial charge in [-0.2, -0.15) is 4.68 Å². The zero-order valence-corrected chi connectivity index (χ0v) is 19.1. The SMILES string of the molecule is Nc1ccc(-c2nc([C@@H]3CCc4cc(-c5c(-n6cnnn6)ccc(F)c5F)cc(=O)n43)[nH]c2Cl)cn1. The number of benzene rings is 1. The average Bonchev–Trinajstić information content (AvgIpc) is 3.61. The number of tetrazole rings is 1. The lowest BCUT2D eigenvalue weighted by Crippen LogP contribution is -2.24. The summed E-state index contributed by atoms with van der Waals surface area (Å²) in [5, 5.41) is 11.2. The number of aromatic amines is 1. The number of hydrogen-bond donors (Lipinski definition) is 2.